The number of thiazole rings is 1. The molecule has 4 N–H and O–H groups in total. The summed E-state index contributed by atoms with van der Waals surface area (Å²) in [7, 11) is 0. The summed E-state index contributed by atoms with van der Waals surface area (Å²) in [5, 5.41) is 31.3. The SMILES string of the molecule is O=C(O)C1=C(Sc2scnc2CO)CS[C@H]2[C@H](NC(=O)C(=NOC(c3ccccc3)(c3ccccc3)c3ccccc3)C3=CSCN3NC(c3ccccc3)(c3ccccc3)c3ccccc3)C(=O)N12. The molecule has 350 valence electrons. The second-order valence-electron chi connectivity index (χ2n) is 16.3. The topological polar surface area (TPSA) is 157 Å². The van der Waals surface area contributed by atoms with Crippen molar-refractivity contribution >= 4 is 70.1 Å². The van der Waals surface area contributed by atoms with Crippen molar-refractivity contribution in [2.45, 2.75) is 33.4 Å². The number of hydrogen-bond donors (Lipinski definition) is 4. The summed E-state index contributed by atoms with van der Waals surface area (Å²) < 4.78 is 0.642. The van der Waals surface area contributed by atoms with Crippen molar-refractivity contribution < 1.29 is 29.4 Å². The van der Waals surface area contributed by atoms with E-state index in [-0.39, 0.29) is 23.8 Å². The number of aromatic nitrogens is 1. The Bertz CT molecular complexity index is 2900. The van der Waals surface area contributed by atoms with Gasteiger partial charge in [0.1, 0.15) is 22.7 Å². The lowest BCUT2D eigenvalue weighted by Crippen LogP contribution is -2.71. The number of amides is 2. The van der Waals surface area contributed by atoms with Gasteiger partial charge in [-0.3, -0.25) is 19.5 Å². The van der Waals surface area contributed by atoms with E-state index < -0.39 is 40.3 Å². The van der Waals surface area contributed by atoms with Gasteiger partial charge >= 0.3 is 5.97 Å². The summed E-state index contributed by atoms with van der Waals surface area (Å²) in [5.41, 5.74) is 8.74. The van der Waals surface area contributed by atoms with E-state index in [1.54, 1.807) is 5.51 Å². The average molecular weight is 1000 g/mol. The number of carbonyl (C=O) groups is 3. The van der Waals surface area contributed by atoms with E-state index in [1.807, 2.05) is 156 Å². The van der Waals surface area contributed by atoms with Gasteiger partial charge in [-0.2, -0.15) is 0 Å². The van der Waals surface area contributed by atoms with Gasteiger partial charge in [-0.25, -0.2) is 15.2 Å². The van der Waals surface area contributed by atoms with Crippen molar-refractivity contribution in [1.29, 1.82) is 0 Å². The van der Waals surface area contributed by atoms with E-state index in [1.165, 1.54) is 51.5 Å². The summed E-state index contributed by atoms with van der Waals surface area (Å²) in [4.78, 5) is 55.5. The van der Waals surface area contributed by atoms with Crippen LogP contribution in [0.25, 0.3) is 0 Å². The molecular weight excluding hydrogens is 957 g/mol. The third kappa shape index (κ3) is 8.71. The zero-order chi connectivity index (χ0) is 48.1. The molecule has 3 aliphatic heterocycles. The Morgan fingerprint density at radius 2 is 1.23 bits per heavy atom. The molecule has 0 spiro atoms. The Labute approximate surface area is 421 Å². The Morgan fingerprint density at radius 3 is 1.70 bits per heavy atom. The second kappa shape index (κ2) is 20.6. The van der Waals surface area contributed by atoms with Crippen molar-refractivity contribution in [2.75, 3.05) is 11.6 Å². The van der Waals surface area contributed by atoms with Crippen LogP contribution in [0.5, 0.6) is 0 Å². The van der Waals surface area contributed by atoms with Crippen molar-refractivity contribution in [3.05, 3.63) is 248 Å². The minimum absolute atomic E-state index is 0.119. The molecule has 1 fully saturated rings. The number of aliphatic hydroxyl groups excluding tert-OH is 1. The molecule has 4 heterocycles. The molecule has 16 heteroatoms. The molecule has 1 saturated heterocycles. The zero-order valence-electron chi connectivity index (χ0n) is 37.2. The van der Waals surface area contributed by atoms with Crippen LogP contribution in [0, 0.1) is 0 Å². The second-order valence-corrected chi connectivity index (χ2v) is 20.4. The van der Waals surface area contributed by atoms with E-state index in [0.29, 0.717) is 26.4 Å². The van der Waals surface area contributed by atoms with E-state index in [0.717, 1.165) is 33.4 Å². The fourth-order valence-corrected chi connectivity index (χ4v) is 13.3. The molecule has 0 aliphatic carbocycles. The van der Waals surface area contributed by atoms with Crippen LogP contribution in [0.2, 0.25) is 0 Å². The van der Waals surface area contributed by atoms with Gasteiger partial charge in [-0.15, -0.1) is 34.9 Å². The highest BCUT2D eigenvalue weighted by Gasteiger charge is 2.55. The van der Waals surface area contributed by atoms with Crippen LogP contribution in [-0.4, -0.2) is 71.6 Å². The number of benzene rings is 6. The van der Waals surface area contributed by atoms with E-state index in [2.05, 4.69) is 52.1 Å². The number of fused-ring (bicyclic) bond motifs is 1. The summed E-state index contributed by atoms with van der Waals surface area (Å²) >= 11 is 5.26. The molecule has 7 aromatic rings. The normalized spacial score (nSPS) is 17.1. The van der Waals surface area contributed by atoms with Gasteiger partial charge in [-0.05, 0) is 16.7 Å². The number of thioether (sulfide) groups is 3. The predicted molar refractivity (Wildman–Crippen MR) is 276 cm³/mol. The number of aliphatic carboxylic acids is 1. The quantitative estimate of drug-likeness (QED) is 0.0298. The highest BCUT2D eigenvalue weighted by molar-refractivity contribution is 8.07. The van der Waals surface area contributed by atoms with E-state index >= 15 is 4.79 Å². The number of aliphatic hydroxyl groups is 1. The molecule has 2 atom stereocenters. The standard InChI is InChI=1S/C54H44N6O6S4/c61-31-42-52(69-34-55-42)70-44-33-68-50-46(49(63)60(50)47(44)51(64)65)56-48(62)45(57-66-54(39-25-13-4-14-26-39,40-27-15-5-16-28-40)41-29-17-6-18-30-41)43-32-67-35-59(43)58-53(36-19-7-1-8-20-36,37-21-9-2-10-22-37)38-23-11-3-12-24-38/h1-30,32,34,46,50,58,61H,31,33,35H2,(H,56,62)(H,64,65)/t46-,50+/m1/s1. The van der Waals surface area contributed by atoms with Gasteiger partial charge in [0.2, 0.25) is 5.60 Å². The number of rotatable bonds is 17. The minimum atomic E-state index is -1.37. The van der Waals surface area contributed by atoms with Crippen LogP contribution >= 0.6 is 46.6 Å². The fourth-order valence-electron chi connectivity index (χ4n) is 8.99. The number of carbonyl (C=O) groups excluding carboxylic acids is 2. The number of carboxylic acid groups (broad SMARTS) is 1. The highest BCUT2D eigenvalue weighted by Crippen LogP contribution is 2.47. The number of nitrogens with one attached hydrogen (secondary N) is 2. The van der Waals surface area contributed by atoms with Gasteiger partial charge in [0.25, 0.3) is 11.8 Å². The maximum atomic E-state index is 15.4. The Morgan fingerprint density at radius 1 is 0.743 bits per heavy atom. The van der Waals surface area contributed by atoms with Crippen molar-refractivity contribution in [2.24, 2.45) is 5.16 Å². The number of hydrazine groups is 1. The number of hydrogen-bond acceptors (Lipinski definition) is 13. The molecule has 70 heavy (non-hydrogen) atoms. The van der Waals surface area contributed by atoms with Gasteiger partial charge in [0.05, 0.1) is 33.6 Å². The number of carboxylic acids is 1. The average Bonchev–Trinajstić information content (AvgIpc) is 4.08. The summed E-state index contributed by atoms with van der Waals surface area (Å²) in [6, 6.07) is 58.3. The van der Waals surface area contributed by atoms with Crippen LogP contribution in [0.15, 0.2) is 219 Å². The Balaban J connectivity index is 1.08. The molecule has 12 nitrogen and oxygen atoms in total. The van der Waals surface area contributed by atoms with Crippen molar-refractivity contribution in [1.82, 2.24) is 25.6 Å². The summed E-state index contributed by atoms with van der Waals surface area (Å²) in [5.74, 6) is -1.96. The van der Waals surface area contributed by atoms with E-state index in [4.69, 9.17) is 9.99 Å². The summed E-state index contributed by atoms with van der Waals surface area (Å²) in [6.45, 7) is -0.307. The van der Waals surface area contributed by atoms with Gasteiger partial charge in [0.15, 0.2) is 5.71 Å². The maximum absolute atomic E-state index is 15.4. The van der Waals surface area contributed by atoms with Crippen LogP contribution in [-0.2, 0) is 37.0 Å². The lowest BCUT2D eigenvalue weighted by atomic mass is 9.77. The molecule has 0 bridgehead atoms. The lowest BCUT2D eigenvalue weighted by molar-refractivity contribution is -0.150. The first-order chi connectivity index (χ1) is 34.3. The molecular formula is C54H44N6O6S4. The zero-order valence-corrected chi connectivity index (χ0v) is 40.5. The van der Waals surface area contributed by atoms with E-state index in [9.17, 15) is 19.8 Å². The molecule has 1 aromatic heterocycles. The minimum Gasteiger partial charge on any atom is -0.477 e. The molecule has 2 amide bonds. The van der Waals surface area contributed by atoms with Crippen LogP contribution in [0.1, 0.15) is 39.1 Å². The first-order valence-electron chi connectivity index (χ1n) is 22.2. The highest BCUT2D eigenvalue weighted by atomic mass is 32.2. The van der Waals surface area contributed by atoms with Gasteiger partial charge in [-0.1, -0.05) is 199 Å². The molecule has 6 aromatic carbocycles. The monoisotopic (exact) mass is 1000 g/mol. The van der Waals surface area contributed by atoms with Gasteiger partial charge in [0, 0.05) is 32.8 Å². The van der Waals surface area contributed by atoms with Crippen molar-refractivity contribution in [3.8, 4) is 0 Å². The molecule has 10 rings (SSSR count). The van der Waals surface area contributed by atoms with Crippen LogP contribution in [0.3, 0.4) is 0 Å². The molecule has 0 unspecified atom stereocenters. The maximum Gasteiger partial charge on any atom is 0.353 e. The predicted octanol–water partition coefficient (Wildman–Crippen LogP) is 9.13. The lowest BCUT2D eigenvalue weighted by Gasteiger charge is -2.49. The third-order valence-corrected chi connectivity index (χ3v) is 16.7. The first kappa shape index (κ1) is 46.8. The Kier molecular flexibility index (Phi) is 13.8. The fraction of sp³-hybridized carbons (Fsp3) is 0.130. The largest absolute Gasteiger partial charge is 0.477 e. The van der Waals surface area contributed by atoms with Crippen molar-refractivity contribution in [3.63, 3.8) is 0 Å². The number of β-lactam (4-membered cyclic amide) rings is 1. The Hall–Kier alpha value is -6.92. The van der Waals surface area contributed by atoms with Gasteiger partial charge < -0.3 is 20.4 Å². The number of nitrogens with zero attached hydrogens (tertiary/aromatic N) is 4. The molecule has 0 saturated carbocycles. The van der Waals surface area contributed by atoms with Crippen LogP contribution in [0.4, 0.5) is 0 Å². The van der Waals surface area contributed by atoms with Crippen LogP contribution < -0.4 is 10.7 Å². The smallest absolute Gasteiger partial charge is 0.353 e. The summed E-state index contributed by atoms with van der Waals surface area (Å²) in [6.07, 6.45) is 0. The third-order valence-electron chi connectivity index (χ3n) is 12.3. The number of oxime groups is 1. The molecule has 0 radical (unpaired) electrons. The molecule has 3 aliphatic rings. The first-order valence-corrected chi connectivity index (χ1v) is 26.0.